The summed E-state index contributed by atoms with van der Waals surface area (Å²) < 4.78 is 1.48. The van der Waals surface area contributed by atoms with Crippen molar-refractivity contribution in [2.45, 2.75) is 19.9 Å². The van der Waals surface area contributed by atoms with Crippen molar-refractivity contribution in [2.75, 3.05) is 0 Å². The Labute approximate surface area is 86.1 Å². The molecule has 15 heavy (non-hydrogen) atoms. The van der Waals surface area contributed by atoms with E-state index in [1.807, 2.05) is 6.92 Å². The Balaban J connectivity index is 2.52. The van der Waals surface area contributed by atoms with Crippen molar-refractivity contribution in [2.24, 2.45) is 5.73 Å². The van der Waals surface area contributed by atoms with E-state index in [2.05, 4.69) is 15.1 Å². The lowest BCUT2D eigenvalue weighted by Crippen LogP contribution is -2.27. The first-order valence-electron chi connectivity index (χ1n) is 4.57. The predicted octanol–water partition coefficient (Wildman–Crippen LogP) is -0.0374. The van der Waals surface area contributed by atoms with Crippen LogP contribution < -0.4 is 5.73 Å². The van der Waals surface area contributed by atoms with Gasteiger partial charge in [0.1, 0.15) is 0 Å². The van der Waals surface area contributed by atoms with E-state index in [0.29, 0.717) is 5.78 Å². The molecule has 6 nitrogen and oxygen atoms in total. The molecule has 0 aromatic carbocycles. The molecule has 0 radical (unpaired) electrons. The molecule has 2 aromatic heterocycles. The average Bonchev–Trinajstić information content (AvgIpc) is 2.58. The summed E-state index contributed by atoms with van der Waals surface area (Å²) in [4.78, 5) is 19.5. The Morgan fingerprint density at radius 2 is 2.33 bits per heavy atom. The van der Waals surface area contributed by atoms with E-state index in [1.165, 1.54) is 4.52 Å². The van der Waals surface area contributed by atoms with Gasteiger partial charge in [-0.15, -0.1) is 5.10 Å². The second kappa shape index (κ2) is 3.39. The van der Waals surface area contributed by atoms with E-state index in [0.717, 1.165) is 5.56 Å². The van der Waals surface area contributed by atoms with E-state index in [4.69, 9.17) is 5.73 Å². The molecule has 1 unspecified atom stereocenters. The van der Waals surface area contributed by atoms with Crippen LogP contribution in [0.3, 0.4) is 0 Å². The third-order valence-corrected chi connectivity index (χ3v) is 1.96. The SMILES string of the molecule is Cc1cnc2nc(C(=O)C(C)N)nn2c1. The van der Waals surface area contributed by atoms with Crippen molar-refractivity contribution in [3.63, 3.8) is 0 Å². The second-order valence-corrected chi connectivity index (χ2v) is 3.46. The van der Waals surface area contributed by atoms with Crippen LogP contribution in [0.25, 0.3) is 5.78 Å². The number of nitrogens with two attached hydrogens (primary N) is 1. The molecule has 0 aliphatic carbocycles. The van der Waals surface area contributed by atoms with Crippen LogP contribution in [0.2, 0.25) is 0 Å². The molecule has 0 aliphatic heterocycles. The van der Waals surface area contributed by atoms with Gasteiger partial charge in [-0.1, -0.05) is 0 Å². The van der Waals surface area contributed by atoms with Gasteiger partial charge in [-0.25, -0.2) is 9.50 Å². The first-order valence-corrected chi connectivity index (χ1v) is 4.57. The highest BCUT2D eigenvalue weighted by Crippen LogP contribution is 2.02. The monoisotopic (exact) mass is 205 g/mol. The molecular weight excluding hydrogens is 194 g/mol. The first kappa shape index (κ1) is 9.72. The van der Waals surface area contributed by atoms with Crippen LogP contribution in [0.1, 0.15) is 23.1 Å². The first-order chi connectivity index (χ1) is 7.08. The molecule has 0 aliphatic rings. The molecule has 0 saturated carbocycles. The van der Waals surface area contributed by atoms with Crippen LogP contribution in [0, 0.1) is 6.92 Å². The van der Waals surface area contributed by atoms with E-state index in [9.17, 15) is 4.79 Å². The van der Waals surface area contributed by atoms with Crippen molar-refractivity contribution in [1.82, 2.24) is 19.6 Å². The van der Waals surface area contributed by atoms with Crippen LogP contribution in [-0.4, -0.2) is 31.4 Å². The van der Waals surface area contributed by atoms with E-state index in [1.54, 1.807) is 19.3 Å². The number of Topliss-reactive ketones (excluding diaryl/α,β-unsaturated/α-hetero) is 1. The second-order valence-electron chi connectivity index (χ2n) is 3.46. The summed E-state index contributed by atoms with van der Waals surface area (Å²) in [5.41, 5.74) is 6.41. The lowest BCUT2D eigenvalue weighted by molar-refractivity contribution is 0.0958. The number of aromatic nitrogens is 4. The van der Waals surface area contributed by atoms with Crippen LogP contribution >= 0.6 is 0 Å². The summed E-state index contributed by atoms with van der Waals surface area (Å²) in [5.74, 6) is 0.242. The van der Waals surface area contributed by atoms with Gasteiger partial charge < -0.3 is 5.73 Å². The maximum absolute atomic E-state index is 11.5. The molecule has 1 atom stereocenters. The molecule has 6 heteroatoms. The van der Waals surface area contributed by atoms with Crippen LogP contribution in [0.4, 0.5) is 0 Å². The zero-order valence-electron chi connectivity index (χ0n) is 8.51. The number of hydrogen-bond acceptors (Lipinski definition) is 5. The highest BCUT2D eigenvalue weighted by Gasteiger charge is 2.16. The van der Waals surface area contributed by atoms with Crippen molar-refractivity contribution < 1.29 is 4.79 Å². The molecule has 0 amide bonds. The summed E-state index contributed by atoms with van der Waals surface area (Å²) in [6.07, 6.45) is 3.43. The van der Waals surface area contributed by atoms with Gasteiger partial charge in [0.05, 0.1) is 6.04 Å². The number of aryl methyl sites for hydroxylation is 1. The zero-order valence-corrected chi connectivity index (χ0v) is 8.51. The number of nitrogens with zero attached hydrogens (tertiary/aromatic N) is 4. The van der Waals surface area contributed by atoms with Gasteiger partial charge >= 0.3 is 0 Å². The number of carbonyl (C=O) groups excluding carboxylic acids is 1. The van der Waals surface area contributed by atoms with E-state index < -0.39 is 6.04 Å². The number of ketones is 1. The third-order valence-electron chi connectivity index (χ3n) is 1.96. The fourth-order valence-corrected chi connectivity index (χ4v) is 1.18. The average molecular weight is 205 g/mol. The number of fused-ring (bicyclic) bond motifs is 1. The fourth-order valence-electron chi connectivity index (χ4n) is 1.18. The lowest BCUT2D eigenvalue weighted by atomic mass is 10.2. The molecule has 78 valence electrons. The Kier molecular flexibility index (Phi) is 2.20. The van der Waals surface area contributed by atoms with Crippen LogP contribution in [0.15, 0.2) is 12.4 Å². The third kappa shape index (κ3) is 1.71. The lowest BCUT2D eigenvalue weighted by Gasteiger charge is -1.96. The Morgan fingerprint density at radius 3 is 3.00 bits per heavy atom. The standard InChI is InChI=1S/C9H11N5O/c1-5-3-11-9-12-8(7(15)6(2)10)13-14(9)4-5/h3-4,6H,10H2,1-2H3. The molecule has 2 heterocycles. The number of rotatable bonds is 2. The molecule has 0 saturated heterocycles. The van der Waals surface area contributed by atoms with Crippen LogP contribution in [0.5, 0.6) is 0 Å². The Morgan fingerprint density at radius 1 is 1.60 bits per heavy atom. The molecule has 0 spiro atoms. The van der Waals surface area contributed by atoms with Gasteiger partial charge in [-0.2, -0.15) is 4.98 Å². The molecule has 0 fully saturated rings. The summed E-state index contributed by atoms with van der Waals surface area (Å²) in [7, 11) is 0. The van der Waals surface area contributed by atoms with Crippen molar-refractivity contribution in [1.29, 1.82) is 0 Å². The van der Waals surface area contributed by atoms with Gasteiger partial charge in [0.15, 0.2) is 0 Å². The molecule has 0 bridgehead atoms. The Bertz CT molecular complexity index is 516. The highest BCUT2D eigenvalue weighted by atomic mass is 16.1. The Hall–Kier alpha value is -1.82. The molecule has 2 rings (SSSR count). The van der Waals surface area contributed by atoms with Crippen molar-refractivity contribution in [3.05, 3.63) is 23.8 Å². The van der Waals surface area contributed by atoms with Gasteiger partial charge in [0.25, 0.3) is 5.78 Å². The molecule has 2 N–H and O–H groups in total. The van der Waals surface area contributed by atoms with E-state index in [-0.39, 0.29) is 11.6 Å². The minimum absolute atomic E-state index is 0.114. The molecule has 2 aromatic rings. The van der Waals surface area contributed by atoms with Crippen LogP contribution in [-0.2, 0) is 0 Å². The van der Waals surface area contributed by atoms with Gasteiger partial charge in [0, 0.05) is 12.4 Å². The topological polar surface area (TPSA) is 86.2 Å². The maximum Gasteiger partial charge on any atom is 0.252 e. The highest BCUT2D eigenvalue weighted by molar-refractivity contribution is 5.96. The van der Waals surface area contributed by atoms with Gasteiger partial charge in [-0.05, 0) is 19.4 Å². The summed E-state index contributed by atoms with van der Waals surface area (Å²) in [5, 5.41) is 4.01. The predicted molar refractivity (Wildman–Crippen MR) is 53.5 cm³/mol. The van der Waals surface area contributed by atoms with Crippen molar-refractivity contribution in [3.8, 4) is 0 Å². The van der Waals surface area contributed by atoms with Crippen molar-refractivity contribution >= 4 is 11.6 Å². The largest absolute Gasteiger partial charge is 0.321 e. The number of carbonyl (C=O) groups is 1. The maximum atomic E-state index is 11.5. The van der Waals surface area contributed by atoms with E-state index >= 15 is 0 Å². The normalized spacial score (nSPS) is 13.0. The minimum Gasteiger partial charge on any atom is -0.321 e. The number of hydrogen-bond donors (Lipinski definition) is 1. The quantitative estimate of drug-likeness (QED) is 0.695. The summed E-state index contributed by atoms with van der Waals surface area (Å²) in [6.45, 7) is 3.49. The van der Waals surface area contributed by atoms with Gasteiger partial charge in [-0.3, -0.25) is 4.79 Å². The summed E-state index contributed by atoms with van der Waals surface area (Å²) >= 11 is 0. The fraction of sp³-hybridized carbons (Fsp3) is 0.333. The van der Waals surface area contributed by atoms with Gasteiger partial charge in [0.2, 0.25) is 11.6 Å². The smallest absolute Gasteiger partial charge is 0.252 e. The zero-order chi connectivity index (χ0) is 11.0. The summed E-state index contributed by atoms with van der Waals surface area (Å²) in [6, 6.07) is -0.594. The molecular formula is C9H11N5O. The minimum atomic E-state index is -0.594.